The highest BCUT2D eigenvalue weighted by Crippen LogP contribution is 2.22. The molecule has 1 rings (SSSR count). The Kier molecular flexibility index (Phi) is 8.24. The van der Waals surface area contributed by atoms with Gasteiger partial charge in [0.15, 0.2) is 0 Å². The molecule has 0 amide bonds. The molecule has 1 atom stereocenters. The molecule has 0 aliphatic rings. The first-order valence-corrected chi connectivity index (χ1v) is 8.69. The van der Waals surface area contributed by atoms with E-state index in [1.165, 1.54) is 41.9 Å². The predicted octanol–water partition coefficient (Wildman–Crippen LogP) is 4.99. The van der Waals surface area contributed by atoms with Crippen LogP contribution in [0.25, 0.3) is 0 Å². The van der Waals surface area contributed by atoms with Gasteiger partial charge >= 0.3 is 0 Å². The Bertz CT molecular complexity index is 332. The van der Waals surface area contributed by atoms with E-state index < -0.39 is 0 Å². The van der Waals surface area contributed by atoms with Gasteiger partial charge in [-0.3, -0.25) is 0 Å². The fraction of sp³-hybridized carbons (Fsp3) is 0.647. The van der Waals surface area contributed by atoms with E-state index in [4.69, 9.17) is 0 Å². The SMILES string of the molecule is CCCCCSCC(NC)c1ccc(C(C)C)cc1. The van der Waals surface area contributed by atoms with E-state index in [-0.39, 0.29) is 0 Å². The monoisotopic (exact) mass is 279 g/mol. The van der Waals surface area contributed by atoms with E-state index in [9.17, 15) is 0 Å². The van der Waals surface area contributed by atoms with Crippen molar-refractivity contribution in [3.05, 3.63) is 35.4 Å². The van der Waals surface area contributed by atoms with Gasteiger partial charge in [0.05, 0.1) is 0 Å². The topological polar surface area (TPSA) is 12.0 Å². The van der Waals surface area contributed by atoms with Crippen molar-refractivity contribution < 1.29 is 0 Å². The van der Waals surface area contributed by atoms with Crippen LogP contribution in [0.2, 0.25) is 0 Å². The van der Waals surface area contributed by atoms with Crippen LogP contribution in [0.1, 0.15) is 63.1 Å². The summed E-state index contributed by atoms with van der Waals surface area (Å²) in [7, 11) is 2.06. The number of nitrogens with one attached hydrogen (secondary N) is 1. The van der Waals surface area contributed by atoms with Crippen molar-refractivity contribution in [2.75, 3.05) is 18.6 Å². The van der Waals surface area contributed by atoms with Gasteiger partial charge in [0.2, 0.25) is 0 Å². The van der Waals surface area contributed by atoms with Crippen LogP contribution in [0.5, 0.6) is 0 Å². The van der Waals surface area contributed by atoms with Gasteiger partial charge in [-0.05, 0) is 36.3 Å². The van der Waals surface area contributed by atoms with Crippen LogP contribution in [0.3, 0.4) is 0 Å². The highest BCUT2D eigenvalue weighted by molar-refractivity contribution is 7.99. The third kappa shape index (κ3) is 6.01. The Hall–Kier alpha value is -0.470. The van der Waals surface area contributed by atoms with Crippen molar-refractivity contribution in [2.24, 2.45) is 0 Å². The summed E-state index contributed by atoms with van der Waals surface area (Å²) in [4.78, 5) is 0. The summed E-state index contributed by atoms with van der Waals surface area (Å²) in [6, 6.07) is 9.58. The van der Waals surface area contributed by atoms with E-state index in [2.05, 4.69) is 69.2 Å². The molecule has 0 saturated carbocycles. The maximum Gasteiger partial charge on any atom is 0.0409 e. The lowest BCUT2D eigenvalue weighted by Crippen LogP contribution is -2.19. The second kappa shape index (κ2) is 9.44. The molecule has 1 aromatic carbocycles. The lowest BCUT2D eigenvalue weighted by molar-refractivity contribution is 0.660. The van der Waals surface area contributed by atoms with Crippen molar-refractivity contribution in [1.29, 1.82) is 0 Å². The number of rotatable bonds is 9. The van der Waals surface area contributed by atoms with Gasteiger partial charge in [-0.25, -0.2) is 0 Å². The standard InChI is InChI=1S/C17H29NS/c1-5-6-7-12-19-13-17(18-4)16-10-8-15(9-11-16)14(2)3/h8-11,14,17-18H,5-7,12-13H2,1-4H3. The predicted molar refractivity (Wildman–Crippen MR) is 89.2 cm³/mol. The molecule has 2 heteroatoms. The molecular weight excluding hydrogens is 250 g/mol. The second-order valence-electron chi connectivity index (χ2n) is 5.44. The summed E-state index contributed by atoms with van der Waals surface area (Å²) in [6.07, 6.45) is 4.02. The van der Waals surface area contributed by atoms with Crippen LogP contribution in [0.15, 0.2) is 24.3 Å². The average Bonchev–Trinajstić information content (AvgIpc) is 2.43. The van der Waals surface area contributed by atoms with E-state index in [0.717, 1.165) is 0 Å². The van der Waals surface area contributed by atoms with Gasteiger partial charge in [0.25, 0.3) is 0 Å². The van der Waals surface area contributed by atoms with Gasteiger partial charge in [0, 0.05) is 11.8 Å². The van der Waals surface area contributed by atoms with Crippen LogP contribution in [0.4, 0.5) is 0 Å². The van der Waals surface area contributed by atoms with Crippen molar-refractivity contribution in [1.82, 2.24) is 5.32 Å². The summed E-state index contributed by atoms with van der Waals surface area (Å²) in [6.45, 7) is 6.75. The Morgan fingerprint density at radius 1 is 1.05 bits per heavy atom. The minimum atomic E-state index is 0.479. The summed E-state index contributed by atoms with van der Waals surface area (Å²) in [5.41, 5.74) is 2.84. The van der Waals surface area contributed by atoms with Crippen molar-refractivity contribution in [3.8, 4) is 0 Å². The molecule has 0 aromatic heterocycles. The molecule has 0 saturated heterocycles. The van der Waals surface area contributed by atoms with Crippen LogP contribution >= 0.6 is 11.8 Å². The van der Waals surface area contributed by atoms with Crippen LogP contribution in [-0.4, -0.2) is 18.6 Å². The lowest BCUT2D eigenvalue weighted by atomic mass is 10.00. The maximum atomic E-state index is 3.44. The summed E-state index contributed by atoms with van der Waals surface area (Å²) < 4.78 is 0. The molecule has 19 heavy (non-hydrogen) atoms. The van der Waals surface area contributed by atoms with E-state index in [0.29, 0.717) is 12.0 Å². The van der Waals surface area contributed by atoms with Crippen LogP contribution in [0, 0.1) is 0 Å². The molecular formula is C17H29NS. The molecule has 0 aliphatic carbocycles. The molecule has 0 radical (unpaired) electrons. The van der Waals surface area contributed by atoms with Gasteiger partial charge in [-0.15, -0.1) is 0 Å². The first-order chi connectivity index (χ1) is 9.19. The molecule has 108 valence electrons. The second-order valence-corrected chi connectivity index (χ2v) is 6.59. The summed E-state index contributed by atoms with van der Waals surface area (Å²) >= 11 is 2.07. The molecule has 0 heterocycles. The maximum absolute atomic E-state index is 3.44. The fourth-order valence-electron chi connectivity index (χ4n) is 2.11. The Morgan fingerprint density at radius 2 is 1.68 bits per heavy atom. The Morgan fingerprint density at radius 3 is 2.21 bits per heavy atom. The molecule has 0 aliphatic heterocycles. The number of hydrogen-bond acceptors (Lipinski definition) is 2. The fourth-order valence-corrected chi connectivity index (χ4v) is 3.28. The van der Waals surface area contributed by atoms with Crippen molar-refractivity contribution >= 4 is 11.8 Å². The molecule has 1 unspecified atom stereocenters. The van der Waals surface area contributed by atoms with E-state index in [1.54, 1.807) is 0 Å². The number of unbranched alkanes of at least 4 members (excludes halogenated alkanes) is 2. The van der Waals surface area contributed by atoms with Crippen molar-refractivity contribution in [3.63, 3.8) is 0 Å². The minimum absolute atomic E-state index is 0.479. The molecule has 1 aromatic rings. The zero-order valence-corrected chi connectivity index (χ0v) is 13.7. The highest BCUT2D eigenvalue weighted by Gasteiger charge is 2.09. The molecule has 0 bridgehead atoms. The van der Waals surface area contributed by atoms with E-state index in [1.807, 2.05) is 0 Å². The minimum Gasteiger partial charge on any atom is -0.312 e. The summed E-state index contributed by atoms with van der Waals surface area (Å²) in [5, 5.41) is 3.44. The van der Waals surface area contributed by atoms with Gasteiger partial charge < -0.3 is 5.32 Å². The third-order valence-electron chi connectivity index (χ3n) is 3.53. The third-order valence-corrected chi connectivity index (χ3v) is 4.68. The van der Waals surface area contributed by atoms with E-state index >= 15 is 0 Å². The quantitative estimate of drug-likeness (QED) is 0.639. The van der Waals surface area contributed by atoms with Gasteiger partial charge in [-0.2, -0.15) is 11.8 Å². The van der Waals surface area contributed by atoms with Gasteiger partial charge in [-0.1, -0.05) is 57.9 Å². The average molecular weight is 279 g/mol. The smallest absolute Gasteiger partial charge is 0.0409 e. The lowest BCUT2D eigenvalue weighted by Gasteiger charge is -2.17. The van der Waals surface area contributed by atoms with Crippen LogP contribution < -0.4 is 5.32 Å². The molecule has 0 spiro atoms. The molecule has 1 nitrogen and oxygen atoms in total. The normalized spacial score (nSPS) is 12.9. The van der Waals surface area contributed by atoms with Gasteiger partial charge in [0.1, 0.15) is 0 Å². The first kappa shape index (κ1) is 16.6. The number of hydrogen-bond donors (Lipinski definition) is 1. The largest absolute Gasteiger partial charge is 0.312 e. The first-order valence-electron chi connectivity index (χ1n) is 7.53. The highest BCUT2D eigenvalue weighted by atomic mass is 32.2. The Labute approximate surface area is 123 Å². The van der Waals surface area contributed by atoms with Crippen molar-refractivity contribution in [2.45, 2.75) is 52.0 Å². The zero-order valence-electron chi connectivity index (χ0n) is 12.9. The zero-order chi connectivity index (χ0) is 14.1. The molecule has 1 N–H and O–H groups in total. The Balaban J connectivity index is 2.45. The number of thioether (sulfide) groups is 1. The summed E-state index contributed by atoms with van der Waals surface area (Å²) in [5.74, 6) is 3.07. The molecule has 0 fully saturated rings. The van der Waals surface area contributed by atoms with Crippen LogP contribution in [-0.2, 0) is 0 Å². The number of benzene rings is 1.